The van der Waals surface area contributed by atoms with Crippen LogP contribution in [0.1, 0.15) is 49.0 Å². The SMILES string of the molecule is C[C@H](NC(=O)CN1CCCC[C@H]1c1nc2ccccc2s1)c1cc2ccccc2o1. The molecule has 0 unspecified atom stereocenters. The van der Waals surface area contributed by atoms with Crippen LogP contribution in [0.4, 0.5) is 0 Å². The number of likely N-dealkylation sites (tertiary alicyclic amines) is 1. The van der Waals surface area contributed by atoms with Gasteiger partial charge in [-0.1, -0.05) is 36.8 Å². The van der Waals surface area contributed by atoms with E-state index in [0.29, 0.717) is 6.54 Å². The summed E-state index contributed by atoms with van der Waals surface area (Å²) in [5.41, 5.74) is 1.89. The number of thiazole rings is 1. The van der Waals surface area contributed by atoms with Crippen molar-refractivity contribution in [3.05, 3.63) is 65.4 Å². The zero-order chi connectivity index (χ0) is 20.5. The Morgan fingerprint density at radius 1 is 1.23 bits per heavy atom. The maximum Gasteiger partial charge on any atom is 0.234 e. The molecule has 5 rings (SSSR count). The lowest BCUT2D eigenvalue weighted by molar-refractivity contribution is -0.124. The fourth-order valence-corrected chi connectivity index (χ4v) is 5.39. The van der Waals surface area contributed by atoms with Crippen LogP contribution in [-0.2, 0) is 4.79 Å². The summed E-state index contributed by atoms with van der Waals surface area (Å²) in [7, 11) is 0. The fraction of sp³-hybridized carbons (Fsp3) is 0.333. The molecule has 1 aliphatic heterocycles. The molecule has 1 amide bonds. The third kappa shape index (κ3) is 3.85. The maximum absolute atomic E-state index is 12.8. The van der Waals surface area contributed by atoms with Crippen LogP contribution in [0, 0.1) is 0 Å². The van der Waals surface area contributed by atoms with Gasteiger partial charge in [-0.2, -0.15) is 0 Å². The second-order valence-electron chi connectivity index (χ2n) is 7.98. The molecule has 0 spiro atoms. The van der Waals surface area contributed by atoms with Crippen LogP contribution < -0.4 is 5.32 Å². The summed E-state index contributed by atoms with van der Waals surface area (Å²) < 4.78 is 7.12. The predicted octanol–water partition coefficient (Wildman–Crippen LogP) is 5.45. The molecule has 1 aliphatic rings. The minimum absolute atomic E-state index is 0.0240. The third-order valence-electron chi connectivity index (χ3n) is 5.80. The number of nitrogens with one attached hydrogen (secondary N) is 1. The van der Waals surface area contributed by atoms with Crippen molar-refractivity contribution in [3.63, 3.8) is 0 Å². The average Bonchev–Trinajstić information content (AvgIpc) is 3.38. The van der Waals surface area contributed by atoms with Crippen molar-refractivity contribution in [2.75, 3.05) is 13.1 Å². The zero-order valence-electron chi connectivity index (χ0n) is 17.0. The first-order valence-electron chi connectivity index (χ1n) is 10.5. The van der Waals surface area contributed by atoms with E-state index in [1.165, 1.54) is 11.1 Å². The summed E-state index contributed by atoms with van der Waals surface area (Å²) in [6, 6.07) is 18.2. The second kappa shape index (κ2) is 8.20. The Kier molecular flexibility index (Phi) is 5.27. The first kappa shape index (κ1) is 19.3. The van der Waals surface area contributed by atoms with Crippen LogP contribution in [0.2, 0.25) is 0 Å². The number of para-hydroxylation sites is 2. The molecule has 0 aliphatic carbocycles. The van der Waals surface area contributed by atoms with Crippen LogP contribution in [0.5, 0.6) is 0 Å². The molecular weight excluding hydrogens is 394 g/mol. The topological polar surface area (TPSA) is 58.4 Å². The maximum atomic E-state index is 12.8. The van der Waals surface area contributed by atoms with Gasteiger partial charge >= 0.3 is 0 Å². The van der Waals surface area contributed by atoms with E-state index in [2.05, 4.69) is 28.4 Å². The number of piperidine rings is 1. The first-order valence-corrected chi connectivity index (χ1v) is 11.4. The zero-order valence-corrected chi connectivity index (χ0v) is 17.8. The molecule has 5 nitrogen and oxygen atoms in total. The molecule has 0 saturated carbocycles. The van der Waals surface area contributed by atoms with Gasteiger partial charge in [0.1, 0.15) is 16.4 Å². The van der Waals surface area contributed by atoms with Crippen LogP contribution >= 0.6 is 11.3 Å². The van der Waals surface area contributed by atoms with E-state index in [0.717, 1.165) is 46.6 Å². The molecular formula is C24H25N3O2S. The molecule has 2 aromatic carbocycles. The quantitative estimate of drug-likeness (QED) is 0.467. The second-order valence-corrected chi connectivity index (χ2v) is 9.04. The van der Waals surface area contributed by atoms with E-state index in [1.54, 1.807) is 11.3 Å². The van der Waals surface area contributed by atoms with Crippen molar-refractivity contribution < 1.29 is 9.21 Å². The average molecular weight is 420 g/mol. The number of benzene rings is 2. The number of carbonyl (C=O) groups excluding carboxylic acids is 1. The van der Waals surface area contributed by atoms with Gasteiger partial charge in [0.25, 0.3) is 0 Å². The number of fused-ring (bicyclic) bond motifs is 2. The molecule has 30 heavy (non-hydrogen) atoms. The standard InChI is InChI=1S/C24H25N3O2S/c1-16(21-14-17-8-2-4-11-20(17)29-21)25-23(28)15-27-13-7-6-10-19(27)24-26-18-9-3-5-12-22(18)30-24/h2-5,8-9,11-12,14,16,19H,6-7,10,13,15H2,1H3,(H,25,28)/t16-,19-/m0/s1. The van der Waals surface area contributed by atoms with Crippen molar-refractivity contribution in [3.8, 4) is 0 Å². The molecule has 3 heterocycles. The Hall–Kier alpha value is -2.70. The number of rotatable bonds is 5. The molecule has 2 atom stereocenters. The third-order valence-corrected chi connectivity index (χ3v) is 6.94. The number of hydrogen-bond acceptors (Lipinski definition) is 5. The van der Waals surface area contributed by atoms with Crippen molar-refractivity contribution in [1.29, 1.82) is 0 Å². The van der Waals surface area contributed by atoms with E-state index in [4.69, 9.17) is 9.40 Å². The minimum Gasteiger partial charge on any atom is -0.459 e. The fourth-order valence-electron chi connectivity index (χ4n) is 4.25. The Balaban J connectivity index is 1.28. The monoisotopic (exact) mass is 419 g/mol. The van der Waals surface area contributed by atoms with E-state index in [1.807, 2.05) is 43.3 Å². The van der Waals surface area contributed by atoms with Gasteiger partial charge in [0.2, 0.25) is 5.91 Å². The Bertz CT molecular complexity index is 1120. The predicted molar refractivity (Wildman–Crippen MR) is 121 cm³/mol. The van der Waals surface area contributed by atoms with Gasteiger partial charge in [-0.3, -0.25) is 9.69 Å². The summed E-state index contributed by atoms with van der Waals surface area (Å²) >= 11 is 1.75. The van der Waals surface area contributed by atoms with E-state index < -0.39 is 0 Å². The molecule has 1 saturated heterocycles. The molecule has 1 fully saturated rings. The number of aromatic nitrogens is 1. The molecule has 0 bridgehead atoms. The number of furan rings is 1. The number of amides is 1. The largest absolute Gasteiger partial charge is 0.459 e. The van der Waals surface area contributed by atoms with Gasteiger partial charge in [0.05, 0.1) is 28.8 Å². The van der Waals surface area contributed by atoms with E-state index >= 15 is 0 Å². The summed E-state index contributed by atoms with van der Waals surface area (Å²) in [5.74, 6) is 0.807. The summed E-state index contributed by atoms with van der Waals surface area (Å²) in [6.45, 7) is 3.27. The molecule has 2 aromatic heterocycles. The highest BCUT2D eigenvalue weighted by Crippen LogP contribution is 2.35. The molecule has 1 N–H and O–H groups in total. The van der Waals surface area contributed by atoms with Crippen LogP contribution in [-0.4, -0.2) is 28.9 Å². The summed E-state index contributed by atoms with van der Waals surface area (Å²) in [4.78, 5) is 20.0. The highest BCUT2D eigenvalue weighted by Gasteiger charge is 2.28. The van der Waals surface area contributed by atoms with Crippen molar-refractivity contribution in [1.82, 2.24) is 15.2 Å². The van der Waals surface area contributed by atoms with Crippen LogP contribution in [0.25, 0.3) is 21.2 Å². The van der Waals surface area contributed by atoms with E-state index in [-0.39, 0.29) is 18.0 Å². The van der Waals surface area contributed by atoms with Crippen molar-refractivity contribution >= 4 is 38.4 Å². The summed E-state index contributed by atoms with van der Waals surface area (Å²) in [5, 5.41) is 5.29. The van der Waals surface area contributed by atoms with Gasteiger partial charge in [-0.25, -0.2) is 4.98 Å². The Morgan fingerprint density at radius 2 is 2.07 bits per heavy atom. The number of nitrogens with zero attached hydrogens (tertiary/aromatic N) is 2. The lowest BCUT2D eigenvalue weighted by Crippen LogP contribution is -2.42. The molecule has 4 aromatic rings. The lowest BCUT2D eigenvalue weighted by Gasteiger charge is -2.34. The van der Waals surface area contributed by atoms with Crippen LogP contribution in [0.3, 0.4) is 0 Å². The minimum atomic E-state index is -0.171. The smallest absolute Gasteiger partial charge is 0.234 e. The van der Waals surface area contributed by atoms with Crippen molar-refractivity contribution in [2.24, 2.45) is 0 Å². The van der Waals surface area contributed by atoms with Gasteiger partial charge < -0.3 is 9.73 Å². The summed E-state index contributed by atoms with van der Waals surface area (Å²) in [6.07, 6.45) is 3.34. The normalized spacial score (nSPS) is 18.6. The number of hydrogen-bond donors (Lipinski definition) is 1. The highest BCUT2D eigenvalue weighted by atomic mass is 32.1. The van der Waals surface area contributed by atoms with Crippen molar-refractivity contribution in [2.45, 2.75) is 38.3 Å². The Morgan fingerprint density at radius 3 is 2.93 bits per heavy atom. The van der Waals surface area contributed by atoms with Gasteiger partial charge in [0.15, 0.2) is 0 Å². The van der Waals surface area contributed by atoms with Gasteiger partial charge in [-0.15, -0.1) is 11.3 Å². The van der Waals surface area contributed by atoms with E-state index in [9.17, 15) is 4.79 Å². The molecule has 154 valence electrons. The number of carbonyl (C=O) groups is 1. The van der Waals surface area contributed by atoms with Gasteiger partial charge in [0, 0.05) is 5.39 Å². The highest BCUT2D eigenvalue weighted by molar-refractivity contribution is 7.18. The van der Waals surface area contributed by atoms with Crippen LogP contribution in [0.15, 0.2) is 59.0 Å². The Labute approximate surface area is 179 Å². The van der Waals surface area contributed by atoms with Gasteiger partial charge in [-0.05, 0) is 50.6 Å². The molecule has 6 heteroatoms. The first-order chi connectivity index (χ1) is 14.7. The lowest BCUT2D eigenvalue weighted by atomic mass is 10.0. The molecule has 0 radical (unpaired) electrons.